The molecule has 3 atom stereocenters. The molecule has 3 unspecified atom stereocenters. The van der Waals surface area contributed by atoms with Crippen molar-refractivity contribution in [3.63, 3.8) is 0 Å². The van der Waals surface area contributed by atoms with E-state index in [1.54, 1.807) is 0 Å². The van der Waals surface area contributed by atoms with Crippen molar-refractivity contribution in [3.05, 3.63) is 274 Å². The number of aromatic nitrogens is 3. The highest BCUT2D eigenvalue weighted by Crippen LogP contribution is 2.47. The number of allylic oxidation sites excluding steroid dienone is 2. The van der Waals surface area contributed by atoms with Crippen LogP contribution < -0.4 is 21.0 Å². The molecule has 3 heterocycles. The Balaban J connectivity index is 0.887. The van der Waals surface area contributed by atoms with Crippen LogP contribution in [0.3, 0.4) is 0 Å². The summed E-state index contributed by atoms with van der Waals surface area (Å²) in [4.78, 5) is 17.0. The molecule has 0 spiro atoms. The zero-order valence-electron chi connectivity index (χ0n) is 45.9. The molecule has 4 aliphatic rings. The van der Waals surface area contributed by atoms with E-state index in [0.29, 0.717) is 11.7 Å². The molecule has 4 heteroatoms. The summed E-state index contributed by atoms with van der Waals surface area (Å²) in [6, 6.07) is 77.3. The number of nitrogens with zero attached hydrogens (tertiary/aromatic N) is 3. The van der Waals surface area contributed by atoms with Crippen LogP contribution in [0.2, 0.25) is 0 Å². The standard InChI is InChI=1S/C79H54N4/c1-45-20-37-65-66(42-45)61-16-5-7-19-70(61)81-76(65)52-25-27-54(28-26-52)77-68-44-56(57-38-33-50-23-21-46-10-8-12-48-35-40-62(57)73(50)71(46)48)43-67(59-39-34-51-24-22-47-11-9-13-49-36-41-63(59)74(51)72(47)49)78(68)83-79(82-77)55-31-29-53(30-32-55)75-64-17-3-2-14-58(64)60-15-4-6-18-69(60)80-75/h2-19,21-36,39-41,43-45,57,69,80H,20,37-38,42H2,1H3. The third kappa shape index (κ3) is 7.15. The molecule has 0 saturated carbocycles. The summed E-state index contributed by atoms with van der Waals surface area (Å²) in [7, 11) is 0. The van der Waals surface area contributed by atoms with Gasteiger partial charge in [-0.2, -0.15) is 0 Å². The van der Waals surface area contributed by atoms with Gasteiger partial charge in [-0.05, 0) is 153 Å². The van der Waals surface area contributed by atoms with Crippen LogP contribution in [0.25, 0.3) is 138 Å². The van der Waals surface area contributed by atoms with Crippen LogP contribution in [0, 0.1) is 5.92 Å². The summed E-state index contributed by atoms with van der Waals surface area (Å²) in [6.07, 6.45) is 15.4. The quantitative estimate of drug-likeness (QED) is 0.169. The van der Waals surface area contributed by atoms with E-state index in [9.17, 15) is 0 Å². The summed E-state index contributed by atoms with van der Waals surface area (Å²) in [6.45, 7) is 2.39. The van der Waals surface area contributed by atoms with E-state index >= 15 is 0 Å². The van der Waals surface area contributed by atoms with Gasteiger partial charge in [0.25, 0.3) is 0 Å². The maximum Gasteiger partial charge on any atom is 0.160 e. The fourth-order valence-electron chi connectivity index (χ4n) is 15.1. The topological polar surface area (TPSA) is 50.7 Å². The Hall–Kier alpha value is -10.0. The first-order valence-corrected chi connectivity index (χ1v) is 29.6. The second-order valence-corrected chi connectivity index (χ2v) is 23.8. The lowest BCUT2D eigenvalue weighted by atomic mass is 9.78. The Bertz CT molecular complexity index is 5350. The Morgan fingerprint density at radius 3 is 1.98 bits per heavy atom. The van der Waals surface area contributed by atoms with Crippen LogP contribution >= 0.6 is 0 Å². The number of hydrogen-bond donors (Lipinski definition) is 1. The minimum absolute atomic E-state index is 0.0980. The zero-order valence-corrected chi connectivity index (χ0v) is 45.9. The van der Waals surface area contributed by atoms with Crippen LogP contribution in [0.5, 0.6) is 0 Å². The molecule has 3 aliphatic carbocycles. The van der Waals surface area contributed by atoms with Gasteiger partial charge >= 0.3 is 0 Å². The molecule has 0 bridgehead atoms. The maximum atomic E-state index is 5.82. The van der Waals surface area contributed by atoms with Crippen molar-refractivity contribution < 1.29 is 0 Å². The molecule has 0 saturated heterocycles. The van der Waals surface area contributed by atoms with Gasteiger partial charge in [-0.3, -0.25) is 0 Å². The number of hydrogen-bond acceptors (Lipinski definition) is 4. The van der Waals surface area contributed by atoms with Crippen LogP contribution in [-0.2, 0) is 12.8 Å². The van der Waals surface area contributed by atoms with E-state index in [1.807, 2.05) is 0 Å². The minimum atomic E-state index is 0.0980. The van der Waals surface area contributed by atoms with Crippen LogP contribution in [0.4, 0.5) is 0 Å². The Labute approximate surface area is 480 Å². The van der Waals surface area contributed by atoms with Gasteiger partial charge in [0.05, 0.1) is 34.2 Å². The first-order valence-electron chi connectivity index (χ1n) is 29.6. The predicted octanol–water partition coefficient (Wildman–Crippen LogP) is 16.6. The third-order valence-electron chi connectivity index (χ3n) is 19.1. The van der Waals surface area contributed by atoms with Crippen molar-refractivity contribution in [2.75, 3.05) is 0 Å². The highest BCUT2D eigenvalue weighted by molar-refractivity contribution is 6.26. The van der Waals surface area contributed by atoms with Crippen molar-refractivity contribution >= 4 is 93.0 Å². The normalized spacial score (nSPS) is 17.2. The molecule has 14 aromatic rings. The SMILES string of the molecule is CC1CCc2c(-c3ccc(-c4nc(-c5ccc(C6=c7ccccc7=C7C=CC=CC7N6)cc5)nc5c(-c6ccc7ccc8cccc9ccc6c7c89)cc(C6CC=c7ccc8cccc9ccc6c7c98)cc45)cc3)nc3ccccc3c2C1. The van der Waals surface area contributed by atoms with Crippen LogP contribution in [-0.4, -0.2) is 21.0 Å². The molecule has 83 heavy (non-hydrogen) atoms. The molecule has 18 rings (SSSR count). The smallest absolute Gasteiger partial charge is 0.160 e. The fourth-order valence-corrected chi connectivity index (χ4v) is 15.1. The molecule has 0 amide bonds. The van der Waals surface area contributed by atoms with E-state index < -0.39 is 0 Å². The lowest BCUT2D eigenvalue weighted by molar-refractivity contribution is 0.503. The number of fused-ring (bicyclic) bond motifs is 6. The van der Waals surface area contributed by atoms with Crippen molar-refractivity contribution in [2.24, 2.45) is 5.92 Å². The highest BCUT2D eigenvalue weighted by atomic mass is 14.9. The summed E-state index contributed by atoms with van der Waals surface area (Å²) in [5, 5.41) is 22.9. The van der Waals surface area contributed by atoms with E-state index in [2.05, 4.69) is 249 Å². The van der Waals surface area contributed by atoms with Gasteiger partial charge < -0.3 is 5.32 Å². The van der Waals surface area contributed by atoms with Crippen molar-refractivity contribution in [3.8, 4) is 45.0 Å². The number of nitrogens with one attached hydrogen (secondary N) is 1. The van der Waals surface area contributed by atoms with E-state index in [-0.39, 0.29) is 12.0 Å². The lowest BCUT2D eigenvalue weighted by Crippen LogP contribution is -2.45. The molecular weight excluding hydrogens is 1000 g/mol. The van der Waals surface area contributed by atoms with Crippen molar-refractivity contribution in [1.29, 1.82) is 0 Å². The summed E-state index contributed by atoms with van der Waals surface area (Å²) < 4.78 is 0. The number of pyridine rings is 1. The molecule has 0 fully saturated rings. The monoisotopic (exact) mass is 1060 g/mol. The molecular formula is C79H54N4. The predicted molar refractivity (Wildman–Crippen MR) is 346 cm³/mol. The summed E-state index contributed by atoms with van der Waals surface area (Å²) in [5.41, 5.74) is 18.5. The average Bonchev–Trinajstić information content (AvgIpc) is 2.88. The molecule has 12 aromatic carbocycles. The van der Waals surface area contributed by atoms with Crippen LogP contribution in [0.15, 0.2) is 231 Å². The molecule has 1 aliphatic heterocycles. The summed E-state index contributed by atoms with van der Waals surface area (Å²) >= 11 is 0. The number of benzene rings is 12. The molecule has 4 nitrogen and oxygen atoms in total. The van der Waals surface area contributed by atoms with E-state index in [1.165, 1.54) is 115 Å². The van der Waals surface area contributed by atoms with Gasteiger partial charge in [0.1, 0.15) is 0 Å². The molecule has 1 N–H and O–H groups in total. The Kier molecular flexibility index (Phi) is 10.1. The Morgan fingerprint density at radius 2 is 1.16 bits per heavy atom. The maximum absolute atomic E-state index is 5.82. The fraction of sp³-hybridized carbons (Fsp3) is 0.101. The van der Waals surface area contributed by atoms with E-state index in [4.69, 9.17) is 15.0 Å². The van der Waals surface area contributed by atoms with E-state index in [0.717, 1.165) is 80.6 Å². The molecule has 0 radical (unpaired) electrons. The number of rotatable bonds is 6. The summed E-state index contributed by atoms with van der Waals surface area (Å²) in [5.74, 6) is 1.43. The van der Waals surface area contributed by atoms with Crippen molar-refractivity contribution in [1.82, 2.24) is 20.3 Å². The van der Waals surface area contributed by atoms with Gasteiger partial charge in [-0.1, -0.05) is 225 Å². The first kappa shape index (κ1) is 46.7. The second-order valence-electron chi connectivity index (χ2n) is 23.8. The molecule has 2 aromatic heterocycles. The second kappa shape index (κ2) is 18.0. The van der Waals surface area contributed by atoms with Gasteiger partial charge in [0.15, 0.2) is 5.82 Å². The zero-order chi connectivity index (χ0) is 54.4. The van der Waals surface area contributed by atoms with Gasteiger partial charge in [0.2, 0.25) is 0 Å². The first-order chi connectivity index (χ1) is 41.0. The Morgan fingerprint density at radius 1 is 0.482 bits per heavy atom. The lowest BCUT2D eigenvalue weighted by Gasteiger charge is -2.26. The average molecular weight is 1060 g/mol. The van der Waals surface area contributed by atoms with Gasteiger partial charge in [-0.15, -0.1) is 0 Å². The minimum Gasteiger partial charge on any atom is -0.374 e. The van der Waals surface area contributed by atoms with Crippen LogP contribution in [0.1, 0.15) is 53.5 Å². The number of para-hydroxylation sites is 1. The highest BCUT2D eigenvalue weighted by Gasteiger charge is 2.28. The third-order valence-corrected chi connectivity index (χ3v) is 19.1. The largest absolute Gasteiger partial charge is 0.374 e. The van der Waals surface area contributed by atoms with Gasteiger partial charge in [0, 0.05) is 44.2 Å². The van der Waals surface area contributed by atoms with Crippen molar-refractivity contribution in [2.45, 2.75) is 44.6 Å². The van der Waals surface area contributed by atoms with Gasteiger partial charge in [-0.25, -0.2) is 15.0 Å². The molecule has 390 valence electrons.